The summed E-state index contributed by atoms with van der Waals surface area (Å²) in [5, 5.41) is 10.3. The minimum Gasteiger partial charge on any atom is -0.458 e. The van der Waals surface area contributed by atoms with Crippen molar-refractivity contribution in [3.05, 3.63) is 23.3 Å². The highest BCUT2D eigenvalue weighted by molar-refractivity contribution is 5.90. The number of carbonyl (C=O) groups is 1. The fraction of sp³-hybridized carbons (Fsp3) is 0.750. The van der Waals surface area contributed by atoms with Crippen molar-refractivity contribution in [2.45, 2.75) is 65.9 Å². The molecule has 0 aromatic heterocycles. The van der Waals surface area contributed by atoms with Crippen LogP contribution in [0.3, 0.4) is 0 Å². The van der Waals surface area contributed by atoms with Gasteiger partial charge in [0, 0.05) is 5.57 Å². The summed E-state index contributed by atoms with van der Waals surface area (Å²) in [6.07, 6.45) is 8.72. The van der Waals surface area contributed by atoms with Crippen molar-refractivity contribution in [1.82, 2.24) is 0 Å². The van der Waals surface area contributed by atoms with Crippen molar-refractivity contribution in [3.63, 3.8) is 0 Å². The van der Waals surface area contributed by atoms with E-state index in [1.165, 1.54) is 18.4 Å². The maximum absolute atomic E-state index is 11.7. The van der Waals surface area contributed by atoms with Gasteiger partial charge in [-0.15, -0.1) is 0 Å². The second kappa shape index (κ2) is 5.77. The van der Waals surface area contributed by atoms with Gasteiger partial charge >= 0.3 is 5.97 Å². The highest BCUT2D eigenvalue weighted by Crippen LogP contribution is 2.61. The van der Waals surface area contributed by atoms with Gasteiger partial charge in [-0.05, 0) is 67.8 Å². The van der Waals surface area contributed by atoms with Crippen molar-refractivity contribution in [2.75, 3.05) is 6.61 Å². The Bertz CT molecular complexity index is 561. The van der Waals surface area contributed by atoms with E-state index in [1.54, 1.807) is 0 Å². The lowest BCUT2D eigenvalue weighted by Crippen LogP contribution is -2.51. The summed E-state index contributed by atoms with van der Waals surface area (Å²) >= 11 is 0. The first kappa shape index (κ1) is 16.8. The fourth-order valence-electron chi connectivity index (χ4n) is 5.30. The summed E-state index contributed by atoms with van der Waals surface area (Å²) in [6, 6.07) is 0. The largest absolute Gasteiger partial charge is 0.458 e. The zero-order chi connectivity index (χ0) is 16.8. The van der Waals surface area contributed by atoms with E-state index in [-0.39, 0.29) is 22.9 Å². The molecule has 1 fully saturated rings. The van der Waals surface area contributed by atoms with Gasteiger partial charge in [-0.3, -0.25) is 0 Å². The first-order chi connectivity index (χ1) is 10.8. The van der Waals surface area contributed by atoms with Crippen LogP contribution in [0.4, 0.5) is 0 Å². The number of hydrogen-bond acceptors (Lipinski definition) is 3. The molecule has 2 aliphatic carbocycles. The highest BCUT2D eigenvalue weighted by atomic mass is 16.5. The average Bonchev–Trinajstić information content (AvgIpc) is 2.90. The molecule has 0 amide bonds. The third-order valence-electron chi connectivity index (χ3n) is 7.35. The molecule has 23 heavy (non-hydrogen) atoms. The molecular formula is C20H30O3. The second-order valence-electron chi connectivity index (χ2n) is 8.40. The summed E-state index contributed by atoms with van der Waals surface area (Å²) in [6.45, 7) is 9.72. The number of allylic oxidation sites excluding steroid dienone is 1. The number of rotatable bonds is 3. The number of esters is 1. The predicted octanol–water partition coefficient (Wildman–Crippen LogP) is 4.02. The smallest absolute Gasteiger partial charge is 0.334 e. The molecule has 0 bridgehead atoms. The Labute approximate surface area is 139 Å². The minimum absolute atomic E-state index is 0.139. The van der Waals surface area contributed by atoms with E-state index in [4.69, 9.17) is 4.74 Å². The lowest BCUT2D eigenvalue weighted by Gasteiger charge is -2.58. The molecule has 128 valence electrons. The summed E-state index contributed by atoms with van der Waals surface area (Å²) in [7, 11) is 0. The van der Waals surface area contributed by atoms with Crippen LogP contribution in [0.5, 0.6) is 0 Å². The summed E-state index contributed by atoms with van der Waals surface area (Å²) in [5.41, 5.74) is 2.52. The molecule has 3 nitrogen and oxygen atoms in total. The molecule has 3 aliphatic rings. The maximum atomic E-state index is 11.7. The minimum atomic E-state index is -0.326. The van der Waals surface area contributed by atoms with Gasteiger partial charge in [-0.1, -0.05) is 32.4 Å². The number of ether oxygens (including phenoxy) is 1. The van der Waals surface area contributed by atoms with Gasteiger partial charge in [0.1, 0.15) is 6.61 Å². The molecule has 0 aromatic rings. The van der Waals surface area contributed by atoms with E-state index < -0.39 is 0 Å². The van der Waals surface area contributed by atoms with Crippen molar-refractivity contribution < 1.29 is 14.6 Å². The lowest BCUT2D eigenvalue weighted by atomic mass is 9.46. The van der Waals surface area contributed by atoms with Gasteiger partial charge in [0.05, 0.1) is 6.10 Å². The normalized spacial score (nSPS) is 43.5. The zero-order valence-corrected chi connectivity index (χ0v) is 14.9. The third-order valence-corrected chi connectivity index (χ3v) is 7.35. The van der Waals surface area contributed by atoms with Gasteiger partial charge in [-0.25, -0.2) is 4.79 Å². The topological polar surface area (TPSA) is 46.5 Å². The first-order valence-corrected chi connectivity index (χ1v) is 9.00. The fourth-order valence-corrected chi connectivity index (χ4v) is 5.30. The number of aliphatic hydroxyl groups excluding tert-OH is 1. The lowest BCUT2D eigenvalue weighted by molar-refractivity contribution is -0.136. The SMILES string of the molecule is CC1=C[C@@H](O)C[C@@H]2[C@@](C)(CCC3=CCOC3=O)[C@H](C)CC[C@@]12C. The number of hydrogen-bond donors (Lipinski definition) is 1. The van der Waals surface area contributed by atoms with Crippen molar-refractivity contribution >= 4 is 5.97 Å². The van der Waals surface area contributed by atoms with Crippen LogP contribution < -0.4 is 0 Å². The molecule has 1 heterocycles. The molecular weight excluding hydrogens is 288 g/mol. The zero-order valence-electron chi connectivity index (χ0n) is 14.9. The summed E-state index contributed by atoms with van der Waals surface area (Å²) in [4.78, 5) is 11.7. The Hall–Kier alpha value is -1.09. The molecule has 0 unspecified atom stereocenters. The Kier molecular flexibility index (Phi) is 4.20. The molecule has 3 rings (SSSR count). The highest BCUT2D eigenvalue weighted by Gasteiger charge is 2.54. The Balaban J connectivity index is 1.86. The van der Waals surface area contributed by atoms with E-state index in [0.717, 1.165) is 24.8 Å². The first-order valence-electron chi connectivity index (χ1n) is 9.00. The van der Waals surface area contributed by atoms with E-state index >= 15 is 0 Å². The van der Waals surface area contributed by atoms with Crippen LogP contribution in [0.15, 0.2) is 23.3 Å². The van der Waals surface area contributed by atoms with Crippen molar-refractivity contribution in [1.29, 1.82) is 0 Å². The molecule has 0 radical (unpaired) electrons. The van der Waals surface area contributed by atoms with Crippen LogP contribution in [0, 0.1) is 22.7 Å². The van der Waals surface area contributed by atoms with E-state index in [9.17, 15) is 9.90 Å². The van der Waals surface area contributed by atoms with Gasteiger partial charge in [0.25, 0.3) is 0 Å². The van der Waals surface area contributed by atoms with Gasteiger partial charge in [0.15, 0.2) is 0 Å². The molecule has 1 N–H and O–H groups in total. The van der Waals surface area contributed by atoms with Crippen molar-refractivity contribution in [2.24, 2.45) is 22.7 Å². The quantitative estimate of drug-likeness (QED) is 0.631. The van der Waals surface area contributed by atoms with Gasteiger partial charge in [-0.2, -0.15) is 0 Å². The molecule has 1 aliphatic heterocycles. The van der Waals surface area contributed by atoms with Crippen LogP contribution in [0.25, 0.3) is 0 Å². The van der Waals surface area contributed by atoms with E-state index in [2.05, 4.69) is 33.8 Å². The van der Waals surface area contributed by atoms with Crippen LogP contribution >= 0.6 is 0 Å². The summed E-state index contributed by atoms with van der Waals surface area (Å²) < 4.78 is 5.05. The van der Waals surface area contributed by atoms with E-state index in [0.29, 0.717) is 18.4 Å². The molecule has 0 aromatic carbocycles. The van der Waals surface area contributed by atoms with Crippen LogP contribution in [0.1, 0.15) is 59.8 Å². The standard InChI is InChI=1S/C20H30O3/c1-13-5-8-20(4)14(2)11-16(21)12-17(20)19(13,3)9-6-15-7-10-23-18(15)22/h7,11,13,16-17,21H,5-6,8-10,12H2,1-4H3/t13-,16-,17-,19+,20+/m1/s1. The van der Waals surface area contributed by atoms with Crippen LogP contribution in [-0.2, 0) is 9.53 Å². The Morgan fingerprint density at radius 2 is 2.13 bits per heavy atom. The molecule has 1 saturated carbocycles. The average molecular weight is 318 g/mol. The molecule has 5 atom stereocenters. The maximum Gasteiger partial charge on any atom is 0.334 e. The molecule has 0 saturated heterocycles. The van der Waals surface area contributed by atoms with Gasteiger partial charge < -0.3 is 9.84 Å². The van der Waals surface area contributed by atoms with Crippen molar-refractivity contribution in [3.8, 4) is 0 Å². The summed E-state index contributed by atoms with van der Waals surface area (Å²) in [5.74, 6) is 0.938. The Morgan fingerprint density at radius 1 is 1.39 bits per heavy atom. The molecule has 3 heteroatoms. The van der Waals surface area contributed by atoms with Crippen LogP contribution in [-0.4, -0.2) is 23.8 Å². The second-order valence-corrected chi connectivity index (χ2v) is 8.40. The molecule has 0 spiro atoms. The van der Waals surface area contributed by atoms with E-state index in [1.807, 2.05) is 6.08 Å². The Morgan fingerprint density at radius 3 is 2.78 bits per heavy atom. The number of aliphatic hydroxyl groups is 1. The van der Waals surface area contributed by atoms with Crippen LogP contribution in [0.2, 0.25) is 0 Å². The third kappa shape index (κ3) is 2.67. The number of cyclic esters (lactones) is 1. The van der Waals surface area contributed by atoms with Gasteiger partial charge in [0.2, 0.25) is 0 Å². The predicted molar refractivity (Wildman–Crippen MR) is 90.8 cm³/mol. The number of fused-ring (bicyclic) bond motifs is 1. The number of carbonyl (C=O) groups excluding carboxylic acids is 1. The monoisotopic (exact) mass is 318 g/mol.